The molecule has 0 saturated heterocycles. The third-order valence-corrected chi connectivity index (χ3v) is 2.78. The lowest BCUT2D eigenvalue weighted by Crippen LogP contribution is -2.19. The molecule has 2 heterocycles. The van der Waals surface area contributed by atoms with E-state index in [1.54, 1.807) is 6.20 Å². The van der Waals surface area contributed by atoms with Crippen molar-refractivity contribution < 1.29 is 4.42 Å². The van der Waals surface area contributed by atoms with Gasteiger partial charge in [-0.15, -0.1) is 0 Å². The van der Waals surface area contributed by atoms with Crippen LogP contribution in [-0.4, -0.2) is 11.5 Å². The monoisotopic (exact) mass is 230 g/mol. The van der Waals surface area contributed by atoms with Crippen LogP contribution in [0, 0.1) is 0 Å². The fourth-order valence-electron chi connectivity index (χ4n) is 1.90. The van der Waals surface area contributed by atoms with Crippen LogP contribution in [0.25, 0.3) is 11.3 Å². The zero-order valence-electron chi connectivity index (χ0n) is 10.3. The fraction of sp³-hybridized carbons (Fsp3) is 0.357. The first kappa shape index (κ1) is 11.9. The van der Waals surface area contributed by atoms with E-state index in [0.717, 1.165) is 30.0 Å². The molecule has 1 atom stereocenters. The standard InChI is InChI=1S/C14H18N2O/c1-3-12(16-4-2)14-8-7-13(17-14)11-6-5-9-15-10-11/h5-10,12,16H,3-4H2,1-2H3. The van der Waals surface area contributed by atoms with Crippen molar-refractivity contribution in [2.75, 3.05) is 6.54 Å². The molecule has 17 heavy (non-hydrogen) atoms. The van der Waals surface area contributed by atoms with Crippen LogP contribution in [0.3, 0.4) is 0 Å². The van der Waals surface area contributed by atoms with Gasteiger partial charge in [-0.05, 0) is 37.2 Å². The Balaban J connectivity index is 2.21. The number of nitrogens with one attached hydrogen (secondary N) is 1. The van der Waals surface area contributed by atoms with Crippen LogP contribution in [0.4, 0.5) is 0 Å². The minimum atomic E-state index is 0.297. The van der Waals surface area contributed by atoms with Gasteiger partial charge < -0.3 is 9.73 Å². The summed E-state index contributed by atoms with van der Waals surface area (Å²) in [6.45, 7) is 5.20. The van der Waals surface area contributed by atoms with Gasteiger partial charge in [0.05, 0.1) is 6.04 Å². The van der Waals surface area contributed by atoms with Crippen LogP contribution < -0.4 is 5.32 Å². The van der Waals surface area contributed by atoms with E-state index < -0.39 is 0 Å². The van der Waals surface area contributed by atoms with E-state index in [9.17, 15) is 0 Å². The highest BCUT2D eigenvalue weighted by molar-refractivity contribution is 5.55. The fourth-order valence-corrected chi connectivity index (χ4v) is 1.90. The van der Waals surface area contributed by atoms with Crippen LogP contribution in [0.2, 0.25) is 0 Å². The summed E-state index contributed by atoms with van der Waals surface area (Å²) >= 11 is 0. The molecule has 2 rings (SSSR count). The molecule has 2 aromatic heterocycles. The zero-order valence-corrected chi connectivity index (χ0v) is 10.3. The molecule has 0 bridgehead atoms. The maximum atomic E-state index is 5.87. The molecule has 1 N–H and O–H groups in total. The summed E-state index contributed by atoms with van der Waals surface area (Å²) in [7, 11) is 0. The van der Waals surface area contributed by atoms with E-state index >= 15 is 0 Å². The van der Waals surface area contributed by atoms with Crippen LogP contribution in [0.5, 0.6) is 0 Å². The van der Waals surface area contributed by atoms with E-state index in [1.807, 2.05) is 30.5 Å². The molecule has 1 unspecified atom stereocenters. The molecule has 0 fully saturated rings. The van der Waals surface area contributed by atoms with Crippen LogP contribution in [-0.2, 0) is 0 Å². The Bertz CT molecular complexity index is 450. The molecular weight excluding hydrogens is 212 g/mol. The lowest BCUT2D eigenvalue weighted by Gasteiger charge is -2.12. The molecule has 0 spiro atoms. The molecule has 0 aliphatic heterocycles. The predicted octanol–water partition coefficient (Wildman–Crippen LogP) is 3.40. The summed E-state index contributed by atoms with van der Waals surface area (Å²) in [4.78, 5) is 4.10. The molecule has 90 valence electrons. The number of furan rings is 1. The Hall–Kier alpha value is -1.61. The molecule has 0 saturated carbocycles. The number of pyridine rings is 1. The van der Waals surface area contributed by atoms with E-state index in [4.69, 9.17) is 4.42 Å². The van der Waals surface area contributed by atoms with Crippen molar-refractivity contribution in [1.29, 1.82) is 0 Å². The lowest BCUT2D eigenvalue weighted by molar-refractivity contribution is 0.417. The quantitative estimate of drug-likeness (QED) is 0.855. The van der Waals surface area contributed by atoms with Gasteiger partial charge in [-0.3, -0.25) is 4.98 Å². The van der Waals surface area contributed by atoms with Crippen LogP contribution in [0.15, 0.2) is 41.1 Å². The minimum Gasteiger partial charge on any atom is -0.459 e. The average Bonchev–Trinajstić information content (AvgIpc) is 2.86. The highest BCUT2D eigenvalue weighted by atomic mass is 16.3. The van der Waals surface area contributed by atoms with Crippen molar-refractivity contribution in [3.8, 4) is 11.3 Å². The van der Waals surface area contributed by atoms with Gasteiger partial charge in [-0.25, -0.2) is 0 Å². The first-order valence-corrected chi connectivity index (χ1v) is 6.08. The Morgan fingerprint density at radius 2 is 2.18 bits per heavy atom. The van der Waals surface area contributed by atoms with Crippen molar-refractivity contribution in [2.24, 2.45) is 0 Å². The summed E-state index contributed by atoms with van der Waals surface area (Å²) < 4.78 is 5.87. The molecule has 0 radical (unpaired) electrons. The highest BCUT2D eigenvalue weighted by Gasteiger charge is 2.13. The number of nitrogens with zero attached hydrogens (tertiary/aromatic N) is 1. The number of aromatic nitrogens is 1. The third kappa shape index (κ3) is 2.74. The largest absolute Gasteiger partial charge is 0.459 e. The lowest BCUT2D eigenvalue weighted by atomic mass is 10.2. The van der Waals surface area contributed by atoms with Gasteiger partial charge in [0.25, 0.3) is 0 Å². The number of rotatable bonds is 5. The predicted molar refractivity (Wildman–Crippen MR) is 68.6 cm³/mol. The first-order valence-electron chi connectivity index (χ1n) is 6.08. The molecular formula is C14H18N2O. The number of hydrogen-bond acceptors (Lipinski definition) is 3. The second-order valence-corrected chi connectivity index (χ2v) is 3.96. The molecule has 3 heteroatoms. The van der Waals surface area contributed by atoms with Gasteiger partial charge in [-0.2, -0.15) is 0 Å². The van der Waals surface area contributed by atoms with Crippen molar-refractivity contribution in [2.45, 2.75) is 26.3 Å². The van der Waals surface area contributed by atoms with Crippen molar-refractivity contribution in [1.82, 2.24) is 10.3 Å². The van der Waals surface area contributed by atoms with Gasteiger partial charge in [0.1, 0.15) is 11.5 Å². The molecule has 0 aliphatic rings. The van der Waals surface area contributed by atoms with E-state index in [2.05, 4.69) is 24.1 Å². The molecule has 2 aromatic rings. The minimum absolute atomic E-state index is 0.297. The molecule has 0 amide bonds. The maximum Gasteiger partial charge on any atom is 0.135 e. The normalized spacial score (nSPS) is 12.6. The summed E-state index contributed by atoms with van der Waals surface area (Å²) in [5, 5.41) is 3.40. The van der Waals surface area contributed by atoms with Gasteiger partial charge in [-0.1, -0.05) is 13.8 Å². The Morgan fingerprint density at radius 1 is 1.29 bits per heavy atom. The second-order valence-electron chi connectivity index (χ2n) is 3.96. The smallest absolute Gasteiger partial charge is 0.135 e. The zero-order chi connectivity index (χ0) is 12.1. The second kappa shape index (κ2) is 5.64. The van der Waals surface area contributed by atoms with Gasteiger partial charge in [0.15, 0.2) is 0 Å². The van der Waals surface area contributed by atoms with Crippen molar-refractivity contribution >= 4 is 0 Å². The average molecular weight is 230 g/mol. The van der Waals surface area contributed by atoms with E-state index in [0.29, 0.717) is 6.04 Å². The SMILES string of the molecule is CCNC(CC)c1ccc(-c2cccnc2)o1. The van der Waals surface area contributed by atoms with Crippen molar-refractivity contribution in [3.63, 3.8) is 0 Å². The van der Waals surface area contributed by atoms with Crippen molar-refractivity contribution in [3.05, 3.63) is 42.4 Å². The third-order valence-electron chi connectivity index (χ3n) is 2.78. The van der Waals surface area contributed by atoms with Crippen LogP contribution in [0.1, 0.15) is 32.1 Å². The van der Waals surface area contributed by atoms with Gasteiger partial charge in [0, 0.05) is 18.0 Å². The number of hydrogen-bond donors (Lipinski definition) is 1. The summed E-state index contributed by atoms with van der Waals surface area (Å²) in [5.41, 5.74) is 1.02. The Morgan fingerprint density at radius 3 is 2.82 bits per heavy atom. The Kier molecular flexibility index (Phi) is 3.94. The maximum absolute atomic E-state index is 5.87. The van der Waals surface area contributed by atoms with E-state index in [-0.39, 0.29) is 0 Å². The molecule has 0 aliphatic carbocycles. The Labute approximate surface area is 102 Å². The summed E-state index contributed by atoms with van der Waals surface area (Å²) in [5.74, 6) is 1.87. The topological polar surface area (TPSA) is 38.1 Å². The van der Waals surface area contributed by atoms with E-state index in [1.165, 1.54) is 0 Å². The van der Waals surface area contributed by atoms with Gasteiger partial charge in [0.2, 0.25) is 0 Å². The highest BCUT2D eigenvalue weighted by Crippen LogP contribution is 2.25. The summed E-state index contributed by atoms with van der Waals surface area (Å²) in [6.07, 6.45) is 4.60. The molecule has 3 nitrogen and oxygen atoms in total. The van der Waals surface area contributed by atoms with Gasteiger partial charge >= 0.3 is 0 Å². The molecule has 0 aromatic carbocycles. The van der Waals surface area contributed by atoms with Crippen LogP contribution >= 0.6 is 0 Å². The summed E-state index contributed by atoms with van der Waals surface area (Å²) in [6, 6.07) is 8.26. The first-order chi connectivity index (χ1) is 8.35.